The molecular weight excluding hydrogens is 162 g/mol. The minimum Gasteiger partial charge on any atom is -0.379 e. The Morgan fingerprint density at radius 3 is 2.69 bits per heavy atom. The van der Waals surface area contributed by atoms with Gasteiger partial charge in [-0.1, -0.05) is 6.07 Å². The van der Waals surface area contributed by atoms with Crippen LogP contribution in [0.25, 0.3) is 0 Å². The lowest BCUT2D eigenvalue weighted by atomic mass is 10.0. The van der Waals surface area contributed by atoms with Crippen molar-refractivity contribution in [1.82, 2.24) is 4.98 Å². The highest BCUT2D eigenvalue weighted by Gasteiger charge is 2.15. The molecule has 0 bridgehead atoms. The lowest BCUT2D eigenvalue weighted by Crippen LogP contribution is -2.23. The summed E-state index contributed by atoms with van der Waals surface area (Å²) in [5, 5.41) is 0. The number of pyridine rings is 1. The standard InChI is InChI=1S/C11H17NO/c1-11(2,13-3)8-7-10-6-4-5-9-12-10/h4-6,9H,7-8H2,1-3H3. The van der Waals surface area contributed by atoms with Crippen LogP contribution in [0.5, 0.6) is 0 Å². The Hall–Kier alpha value is -0.890. The summed E-state index contributed by atoms with van der Waals surface area (Å²) in [6.45, 7) is 4.19. The molecule has 0 spiro atoms. The van der Waals surface area contributed by atoms with Crippen LogP contribution in [0.15, 0.2) is 24.4 Å². The fourth-order valence-corrected chi connectivity index (χ4v) is 1.08. The highest BCUT2D eigenvalue weighted by molar-refractivity contribution is 5.03. The number of aromatic nitrogens is 1. The summed E-state index contributed by atoms with van der Waals surface area (Å²) in [4.78, 5) is 4.26. The van der Waals surface area contributed by atoms with E-state index >= 15 is 0 Å². The van der Waals surface area contributed by atoms with Crippen LogP contribution in [-0.4, -0.2) is 17.7 Å². The third kappa shape index (κ3) is 3.55. The van der Waals surface area contributed by atoms with E-state index in [2.05, 4.69) is 18.8 Å². The minimum atomic E-state index is -0.0441. The smallest absolute Gasteiger partial charge is 0.0626 e. The molecule has 0 saturated carbocycles. The topological polar surface area (TPSA) is 22.1 Å². The van der Waals surface area contributed by atoms with Crippen molar-refractivity contribution in [3.8, 4) is 0 Å². The maximum absolute atomic E-state index is 5.33. The van der Waals surface area contributed by atoms with E-state index in [0.717, 1.165) is 18.5 Å². The molecule has 1 aromatic rings. The molecule has 1 heterocycles. The van der Waals surface area contributed by atoms with E-state index in [1.54, 1.807) is 7.11 Å². The van der Waals surface area contributed by atoms with Crippen molar-refractivity contribution in [2.45, 2.75) is 32.3 Å². The van der Waals surface area contributed by atoms with Crippen LogP contribution < -0.4 is 0 Å². The van der Waals surface area contributed by atoms with Gasteiger partial charge in [0.1, 0.15) is 0 Å². The zero-order valence-electron chi connectivity index (χ0n) is 8.58. The molecule has 0 aliphatic heterocycles. The molecule has 0 aromatic carbocycles. The van der Waals surface area contributed by atoms with Gasteiger partial charge in [0.2, 0.25) is 0 Å². The van der Waals surface area contributed by atoms with Crippen molar-refractivity contribution >= 4 is 0 Å². The summed E-state index contributed by atoms with van der Waals surface area (Å²) >= 11 is 0. The Labute approximate surface area is 80.0 Å². The number of methoxy groups -OCH3 is 1. The van der Waals surface area contributed by atoms with E-state index in [9.17, 15) is 0 Å². The van der Waals surface area contributed by atoms with Crippen LogP contribution in [0.4, 0.5) is 0 Å². The van der Waals surface area contributed by atoms with E-state index < -0.39 is 0 Å². The van der Waals surface area contributed by atoms with Gasteiger partial charge < -0.3 is 4.74 Å². The van der Waals surface area contributed by atoms with Gasteiger partial charge in [-0.2, -0.15) is 0 Å². The molecule has 1 aromatic heterocycles. The zero-order valence-corrected chi connectivity index (χ0v) is 8.58. The molecule has 13 heavy (non-hydrogen) atoms. The predicted octanol–water partition coefficient (Wildman–Crippen LogP) is 2.44. The Morgan fingerprint density at radius 1 is 1.38 bits per heavy atom. The molecule has 0 aliphatic carbocycles. The van der Waals surface area contributed by atoms with Crippen LogP contribution in [0.3, 0.4) is 0 Å². The Morgan fingerprint density at radius 2 is 2.15 bits per heavy atom. The number of nitrogens with zero attached hydrogens (tertiary/aromatic N) is 1. The first-order valence-corrected chi connectivity index (χ1v) is 4.59. The molecule has 2 nitrogen and oxygen atoms in total. The predicted molar refractivity (Wildman–Crippen MR) is 53.6 cm³/mol. The van der Waals surface area contributed by atoms with Gasteiger partial charge in [0.05, 0.1) is 5.60 Å². The van der Waals surface area contributed by atoms with E-state index in [4.69, 9.17) is 4.74 Å². The largest absolute Gasteiger partial charge is 0.379 e. The minimum absolute atomic E-state index is 0.0441. The van der Waals surface area contributed by atoms with E-state index in [0.29, 0.717) is 0 Å². The van der Waals surface area contributed by atoms with E-state index in [1.165, 1.54) is 0 Å². The van der Waals surface area contributed by atoms with Gasteiger partial charge in [0, 0.05) is 19.0 Å². The molecule has 72 valence electrons. The molecular formula is C11H17NO. The fourth-order valence-electron chi connectivity index (χ4n) is 1.08. The van der Waals surface area contributed by atoms with Gasteiger partial charge in [-0.15, -0.1) is 0 Å². The van der Waals surface area contributed by atoms with E-state index in [-0.39, 0.29) is 5.60 Å². The lowest BCUT2D eigenvalue weighted by Gasteiger charge is -2.22. The van der Waals surface area contributed by atoms with Gasteiger partial charge in [-0.25, -0.2) is 0 Å². The van der Waals surface area contributed by atoms with Crippen molar-refractivity contribution in [1.29, 1.82) is 0 Å². The van der Waals surface area contributed by atoms with Crippen molar-refractivity contribution < 1.29 is 4.74 Å². The second kappa shape index (κ2) is 4.38. The third-order valence-electron chi connectivity index (χ3n) is 2.26. The van der Waals surface area contributed by atoms with Crippen LogP contribution in [-0.2, 0) is 11.2 Å². The third-order valence-corrected chi connectivity index (χ3v) is 2.26. The van der Waals surface area contributed by atoms with Crippen molar-refractivity contribution in [2.24, 2.45) is 0 Å². The lowest BCUT2D eigenvalue weighted by molar-refractivity contribution is 0.0156. The molecule has 2 heteroatoms. The molecule has 0 unspecified atom stereocenters. The molecule has 1 rings (SSSR count). The summed E-state index contributed by atoms with van der Waals surface area (Å²) in [5.41, 5.74) is 1.09. The van der Waals surface area contributed by atoms with Crippen LogP contribution >= 0.6 is 0 Å². The maximum atomic E-state index is 5.33. The normalized spacial score (nSPS) is 11.6. The SMILES string of the molecule is COC(C)(C)CCc1ccccn1. The summed E-state index contributed by atoms with van der Waals surface area (Å²) in [6, 6.07) is 6.00. The Bertz CT molecular complexity index is 244. The Balaban J connectivity index is 2.44. The van der Waals surface area contributed by atoms with Gasteiger partial charge in [-0.3, -0.25) is 4.98 Å². The molecule has 0 saturated heterocycles. The van der Waals surface area contributed by atoms with Crippen LogP contribution in [0, 0.1) is 0 Å². The van der Waals surface area contributed by atoms with Crippen molar-refractivity contribution in [2.75, 3.05) is 7.11 Å². The fraction of sp³-hybridized carbons (Fsp3) is 0.545. The average Bonchev–Trinajstić information content (AvgIpc) is 2.17. The van der Waals surface area contributed by atoms with Gasteiger partial charge in [0.15, 0.2) is 0 Å². The number of ether oxygens (including phenoxy) is 1. The summed E-state index contributed by atoms with van der Waals surface area (Å²) in [6.07, 6.45) is 3.80. The monoisotopic (exact) mass is 179 g/mol. The highest BCUT2D eigenvalue weighted by Crippen LogP contribution is 2.15. The first-order chi connectivity index (χ1) is 6.14. The maximum Gasteiger partial charge on any atom is 0.0626 e. The number of rotatable bonds is 4. The molecule has 0 radical (unpaired) electrons. The van der Waals surface area contributed by atoms with Crippen molar-refractivity contribution in [3.05, 3.63) is 30.1 Å². The van der Waals surface area contributed by atoms with Crippen LogP contribution in [0.1, 0.15) is 26.0 Å². The Kier molecular flexibility index (Phi) is 3.43. The summed E-state index contributed by atoms with van der Waals surface area (Å²) in [7, 11) is 1.75. The molecule has 0 fully saturated rings. The molecule has 0 N–H and O–H groups in total. The summed E-state index contributed by atoms with van der Waals surface area (Å²) < 4.78 is 5.33. The van der Waals surface area contributed by atoms with Gasteiger partial charge >= 0.3 is 0 Å². The molecule has 0 aliphatic rings. The number of hydrogen-bond donors (Lipinski definition) is 0. The van der Waals surface area contributed by atoms with Crippen molar-refractivity contribution in [3.63, 3.8) is 0 Å². The molecule has 0 amide bonds. The first-order valence-electron chi connectivity index (χ1n) is 4.59. The second-order valence-electron chi connectivity index (χ2n) is 3.78. The van der Waals surface area contributed by atoms with E-state index in [1.807, 2.05) is 24.4 Å². The second-order valence-corrected chi connectivity index (χ2v) is 3.78. The average molecular weight is 179 g/mol. The summed E-state index contributed by atoms with van der Waals surface area (Å²) in [5.74, 6) is 0. The quantitative estimate of drug-likeness (QED) is 0.708. The zero-order chi connectivity index (χ0) is 9.73. The first kappa shape index (κ1) is 10.2. The number of aryl methyl sites for hydroxylation is 1. The van der Waals surface area contributed by atoms with Gasteiger partial charge in [-0.05, 0) is 38.8 Å². The number of hydrogen-bond acceptors (Lipinski definition) is 2. The van der Waals surface area contributed by atoms with Crippen LogP contribution in [0.2, 0.25) is 0 Å². The molecule has 0 atom stereocenters. The highest BCUT2D eigenvalue weighted by atomic mass is 16.5. The van der Waals surface area contributed by atoms with Gasteiger partial charge in [0.25, 0.3) is 0 Å².